The molecule has 0 spiro atoms. The fourth-order valence-electron chi connectivity index (χ4n) is 1.12. The van der Waals surface area contributed by atoms with Crippen LogP contribution in [0, 0.1) is 0 Å². The first-order chi connectivity index (χ1) is 7.29. The molecule has 2 rings (SSSR count). The largest absolute Gasteiger partial charge is 0.508 e. The minimum Gasteiger partial charge on any atom is -0.508 e. The average Bonchev–Trinajstić information content (AvgIpc) is 2.69. The first-order valence-electron chi connectivity index (χ1n) is 4.29. The number of phenols is 1. The third-order valence-corrected chi connectivity index (χ3v) is 2.89. The molecule has 1 aromatic carbocycles. The third kappa shape index (κ3) is 2.22. The number of carbonyl (C=O) groups is 1. The molecule has 0 radical (unpaired) electrons. The maximum atomic E-state index is 10.6. The fourth-order valence-corrected chi connectivity index (χ4v) is 1.97. The molecule has 0 saturated heterocycles. The van der Waals surface area contributed by atoms with Crippen molar-refractivity contribution in [3.63, 3.8) is 0 Å². The normalized spacial score (nSPS) is 10.1. The number of hydrogen-bond acceptors (Lipinski definition) is 4. The first-order valence-corrected chi connectivity index (χ1v) is 5.11. The summed E-state index contributed by atoms with van der Waals surface area (Å²) in [5.41, 5.74) is 0. The van der Waals surface area contributed by atoms with E-state index < -0.39 is 0 Å². The van der Waals surface area contributed by atoms with Crippen molar-refractivity contribution < 1.29 is 14.3 Å². The van der Waals surface area contributed by atoms with E-state index in [1.54, 1.807) is 30.3 Å². The zero-order valence-corrected chi connectivity index (χ0v) is 8.53. The molecule has 4 heteroatoms. The van der Waals surface area contributed by atoms with Gasteiger partial charge in [0.05, 0.1) is 11.2 Å². The van der Waals surface area contributed by atoms with Crippen LogP contribution in [0.2, 0.25) is 0 Å². The molecule has 0 saturated carbocycles. The molecule has 0 aliphatic rings. The summed E-state index contributed by atoms with van der Waals surface area (Å²) in [5.74, 6) is 0.551. The number of rotatable bonds is 3. The van der Waals surface area contributed by atoms with Crippen LogP contribution in [0.4, 0.5) is 0 Å². The third-order valence-electron chi connectivity index (χ3n) is 1.83. The van der Waals surface area contributed by atoms with Crippen molar-refractivity contribution in [1.82, 2.24) is 0 Å². The molecule has 0 aliphatic heterocycles. The number of benzene rings is 1. The van der Waals surface area contributed by atoms with Gasteiger partial charge in [0.25, 0.3) is 0 Å². The molecule has 0 bridgehead atoms. The van der Waals surface area contributed by atoms with Crippen molar-refractivity contribution in [3.8, 4) is 5.75 Å². The number of hydrogen-bond donors (Lipinski definition) is 1. The van der Waals surface area contributed by atoms with Gasteiger partial charge in [-0.1, -0.05) is 11.8 Å². The summed E-state index contributed by atoms with van der Waals surface area (Å²) >= 11 is 1.42. The second-order valence-corrected chi connectivity index (χ2v) is 3.98. The predicted octanol–water partition coefficient (Wildman–Crippen LogP) is 2.95. The molecule has 1 heterocycles. The second kappa shape index (κ2) is 4.23. The van der Waals surface area contributed by atoms with E-state index in [1.807, 2.05) is 0 Å². The van der Waals surface area contributed by atoms with Gasteiger partial charge in [-0.3, -0.25) is 4.79 Å². The van der Waals surface area contributed by atoms with Crippen LogP contribution in [0.1, 0.15) is 10.6 Å². The quantitative estimate of drug-likeness (QED) is 0.808. The van der Waals surface area contributed by atoms with Gasteiger partial charge in [0.2, 0.25) is 0 Å². The highest BCUT2D eigenvalue weighted by molar-refractivity contribution is 7.99. The van der Waals surface area contributed by atoms with Crippen molar-refractivity contribution >= 4 is 18.0 Å². The van der Waals surface area contributed by atoms with Gasteiger partial charge in [-0.25, -0.2) is 0 Å². The fraction of sp³-hybridized carbons (Fsp3) is 0. The average molecular weight is 220 g/mol. The van der Waals surface area contributed by atoms with Gasteiger partial charge in [-0.05, 0) is 30.3 Å². The number of aromatic hydroxyl groups is 1. The Bertz CT molecular complexity index is 459. The van der Waals surface area contributed by atoms with Crippen LogP contribution >= 0.6 is 11.8 Å². The van der Waals surface area contributed by atoms with Crippen molar-refractivity contribution in [3.05, 3.63) is 42.4 Å². The van der Waals surface area contributed by atoms with Gasteiger partial charge < -0.3 is 9.52 Å². The highest BCUT2D eigenvalue weighted by Gasteiger charge is 2.06. The van der Waals surface area contributed by atoms with E-state index in [0.29, 0.717) is 12.0 Å². The molecule has 0 aliphatic carbocycles. The molecule has 1 N–H and O–H groups in total. The van der Waals surface area contributed by atoms with Crippen LogP contribution in [-0.2, 0) is 0 Å². The Balaban J connectivity index is 2.21. The number of carbonyl (C=O) groups excluding carboxylic acids is 1. The van der Waals surface area contributed by atoms with Crippen molar-refractivity contribution in [2.45, 2.75) is 9.79 Å². The van der Waals surface area contributed by atoms with E-state index in [1.165, 1.54) is 18.0 Å². The highest BCUT2D eigenvalue weighted by Crippen LogP contribution is 2.31. The van der Waals surface area contributed by atoms with Crippen LogP contribution in [0.25, 0.3) is 0 Å². The number of furan rings is 1. The summed E-state index contributed by atoms with van der Waals surface area (Å²) in [7, 11) is 0. The number of phenolic OH excluding ortho intramolecular Hbond substituents is 1. The lowest BCUT2D eigenvalue weighted by atomic mass is 10.3. The summed E-state index contributed by atoms with van der Waals surface area (Å²) in [5, 5.41) is 9.10. The minimum atomic E-state index is 0.224. The molecule has 3 nitrogen and oxygen atoms in total. The Morgan fingerprint density at radius 1 is 1.20 bits per heavy atom. The minimum absolute atomic E-state index is 0.224. The van der Waals surface area contributed by atoms with E-state index >= 15 is 0 Å². The molecule has 0 amide bonds. The Kier molecular flexibility index (Phi) is 2.78. The van der Waals surface area contributed by atoms with E-state index in [2.05, 4.69) is 0 Å². The maximum absolute atomic E-state index is 10.6. The van der Waals surface area contributed by atoms with Crippen LogP contribution in [0.15, 0.2) is 50.8 Å². The van der Waals surface area contributed by atoms with E-state index in [4.69, 9.17) is 9.52 Å². The summed E-state index contributed by atoms with van der Waals surface area (Å²) in [6.07, 6.45) is 2.16. The Hall–Kier alpha value is -1.68. The van der Waals surface area contributed by atoms with Crippen molar-refractivity contribution in [1.29, 1.82) is 0 Å². The summed E-state index contributed by atoms with van der Waals surface area (Å²) < 4.78 is 4.97. The molecule has 0 atom stereocenters. The lowest BCUT2D eigenvalue weighted by molar-refractivity contribution is 0.109. The Morgan fingerprint density at radius 3 is 2.60 bits per heavy atom. The molecular formula is C11H8O3S. The molecular weight excluding hydrogens is 212 g/mol. The van der Waals surface area contributed by atoms with E-state index in [9.17, 15) is 4.79 Å². The standard InChI is InChI=1S/C11H8O3S/c12-7-10-11(5-6-14-10)15-9-3-1-8(13)2-4-9/h1-7,13H. The van der Waals surface area contributed by atoms with Crippen LogP contribution in [0.5, 0.6) is 5.75 Å². The molecule has 0 fully saturated rings. The van der Waals surface area contributed by atoms with Crippen LogP contribution in [0.3, 0.4) is 0 Å². The van der Waals surface area contributed by atoms with Gasteiger partial charge >= 0.3 is 0 Å². The molecule has 2 aromatic rings. The first kappa shape index (κ1) is 9.86. The molecule has 0 unspecified atom stereocenters. The van der Waals surface area contributed by atoms with Crippen molar-refractivity contribution in [2.75, 3.05) is 0 Å². The Morgan fingerprint density at radius 2 is 1.93 bits per heavy atom. The molecule has 76 valence electrons. The maximum Gasteiger partial charge on any atom is 0.186 e. The zero-order chi connectivity index (χ0) is 10.7. The molecule has 1 aromatic heterocycles. The van der Waals surface area contributed by atoms with Crippen molar-refractivity contribution in [2.24, 2.45) is 0 Å². The number of aldehydes is 1. The monoisotopic (exact) mass is 220 g/mol. The van der Waals surface area contributed by atoms with Crippen LogP contribution < -0.4 is 0 Å². The van der Waals surface area contributed by atoms with E-state index in [0.717, 1.165) is 9.79 Å². The lowest BCUT2D eigenvalue weighted by Crippen LogP contribution is -1.77. The topological polar surface area (TPSA) is 50.4 Å². The summed E-state index contributed by atoms with van der Waals surface area (Å²) in [4.78, 5) is 12.3. The van der Waals surface area contributed by atoms with Gasteiger partial charge in [0.15, 0.2) is 12.0 Å². The van der Waals surface area contributed by atoms with Crippen LogP contribution in [-0.4, -0.2) is 11.4 Å². The predicted molar refractivity (Wildman–Crippen MR) is 56.3 cm³/mol. The Labute approximate surface area is 90.7 Å². The van der Waals surface area contributed by atoms with Gasteiger partial charge in [0, 0.05) is 4.90 Å². The summed E-state index contributed by atoms with van der Waals surface area (Å²) in [6.45, 7) is 0. The smallest absolute Gasteiger partial charge is 0.186 e. The van der Waals surface area contributed by atoms with Gasteiger partial charge in [0.1, 0.15) is 5.75 Å². The molecule has 15 heavy (non-hydrogen) atoms. The lowest BCUT2D eigenvalue weighted by Gasteiger charge is -1.98. The SMILES string of the molecule is O=Cc1occc1Sc1ccc(O)cc1. The van der Waals surface area contributed by atoms with Gasteiger partial charge in [-0.2, -0.15) is 0 Å². The summed E-state index contributed by atoms with van der Waals surface area (Å²) in [6, 6.07) is 8.50. The van der Waals surface area contributed by atoms with Gasteiger partial charge in [-0.15, -0.1) is 0 Å². The second-order valence-electron chi connectivity index (χ2n) is 2.86. The van der Waals surface area contributed by atoms with E-state index in [-0.39, 0.29) is 5.75 Å². The zero-order valence-electron chi connectivity index (χ0n) is 7.71. The highest BCUT2D eigenvalue weighted by atomic mass is 32.2.